The zero-order valence-corrected chi connectivity index (χ0v) is 9.78. The Morgan fingerprint density at radius 1 is 1.12 bits per heavy atom. The lowest BCUT2D eigenvalue weighted by atomic mass is 9.87. The molecule has 1 aliphatic carbocycles. The summed E-state index contributed by atoms with van der Waals surface area (Å²) in [6.45, 7) is 1.84. The Labute approximate surface area is 99.9 Å². The maximum absolute atomic E-state index is 13.7. The first kappa shape index (κ1) is 10.7. The van der Waals surface area contributed by atoms with E-state index >= 15 is 0 Å². The number of rotatable bonds is 2. The molecule has 3 rings (SSSR count). The maximum Gasteiger partial charge on any atom is 0.131 e. The van der Waals surface area contributed by atoms with Gasteiger partial charge in [-0.2, -0.15) is 0 Å². The van der Waals surface area contributed by atoms with E-state index in [0.29, 0.717) is 11.3 Å². The molecule has 0 radical (unpaired) electrons. The summed E-state index contributed by atoms with van der Waals surface area (Å²) in [4.78, 5) is 0. The summed E-state index contributed by atoms with van der Waals surface area (Å²) >= 11 is 0. The van der Waals surface area contributed by atoms with Gasteiger partial charge in [0.05, 0.1) is 5.60 Å². The van der Waals surface area contributed by atoms with Crippen molar-refractivity contribution in [2.24, 2.45) is 5.92 Å². The van der Waals surface area contributed by atoms with Crippen LogP contribution in [0.3, 0.4) is 0 Å². The Bertz CT molecular complexity index is 570. The molecule has 1 aliphatic rings. The summed E-state index contributed by atoms with van der Waals surface area (Å²) in [5.41, 5.74) is 0.00447. The van der Waals surface area contributed by atoms with E-state index < -0.39 is 5.60 Å². The summed E-state index contributed by atoms with van der Waals surface area (Å²) in [5, 5.41) is 12.0. The van der Waals surface area contributed by atoms with Gasteiger partial charge in [0, 0.05) is 5.39 Å². The van der Waals surface area contributed by atoms with Crippen molar-refractivity contribution in [1.29, 1.82) is 0 Å². The van der Waals surface area contributed by atoms with Crippen molar-refractivity contribution in [1.82, 2.24) is 0 Å². The van der Waals surface area contributed by atoms with Gasteiger partial charge in [-0.1, -0.05) is 30.3 Å². The minimum atomic E-state index is -0.840. The average Bonchev–Trinajstić information content (AvgIpc) is 3.13. The van der Waals surface area contributed by atoms with Crippen LogP contribution >= 0.6 is 0 Å². The molecule has 0 saturated heterocycles. The first-order valence-electron chi connectivity index (χ1n) is 6.01. The number of benzene rings is 2. The van der Waals surface area contributed by atoms with Gasteiger partial charge >= 0.3 is 0 Å². The normalized spacial score (nSPS) is 19.2. The molecule has 88 valence electrons. The highest BCUT2D eigenvalue weighted by molar-refractivity contribution is 5.87. The fourth-order valence-electron chi connectivity index (χ4n) is 2.57. The maximum atomic E-state index is 13.7. The fourth-order valence-corrected chi connectivity index (χ4v) is 2.57. The highest BCUT2D eigenvalue weighted by Crippen LogP contribution is 2.47. The summed E-state index contributed by atoms with van der Waals surface area (Å²) in [6.07, 6.45) is 2.11. The molecule has 1 N–H and O–H groups in total. The Morgan fingerprint density at radius 3 is 2.41 bits per heavy atom. The van der Waals surface area contributed by atoms with Crippen LogP contribution in [0.5, 0.6) is 0 Å². The molecular weight excluding hydrogens is 215 g/mol. The van der Waals surface area contributed by atoms with Gasteiger partial charge in [-0.25, -0.2) is 4.39 Å². The second-order valence-electron chi connectivity index (χ2n) is 5.06. The Morgan fingerprint density at radius 2 is 1.76 bits per heavy atom. The third-order valence-electron chi connectivity index (χ3n) is 3.79. The summed E-state index contributed by atoms with van der Waals surface area (Å²) < 4.78 is 13.7. The summed E-state index contributed by atoms with van der Waals surface area (Å²) in [6, 6.07) is 10.5. The zero-order valence-electron chi connectivity index (χ0n) is 9.78. The third-order valence-corrected chi connectivity index (χ3v) is 3.79. The molecule has 1 fully saturated rings. The molecule has 1 atom stereocenters. The van der Waals surface area contributed by atoms with Crippen molar-refractivity contribution in [3.05, 3.63) is 47.8 Å². The Hall–Kier alpha value is -1.41. The van der Waals surface area contributed by atoms with Gasteiger partial charge in [0.1, 0.15) is 5.82 Å². The van der Waals surface area contributed by atoms with Crippen LogP contribution in [0.1, 0.15) is 25.3 Å². The van der Waals surface area contributed by atoms with Crippen molar-refractivity contribution in [3.63, 3.8) is 0 Å². The molecule has 2 aromatic carbocycles. The minimum Gasteiger partial charge on any atom is -0.385 e. The summed E-state index contributed by atoms with van der Waals surface area (Å²) in [7, 11) is 0. The van der Waals surface area contributed by atoms with E-state index in [2.05, 4.69) is 0 Å². The van der Waals surface area contributed by atoms with Gasteiger partial charge in [-0.15, -0.1) is 0 Å². The molecule has 0 heterocycles. The number of aliphatic hydroxyl groups is 1. The van der Waals surface area contributed by atoms with Crippen LogP contribution in [-0.2, 0) is 5.60 Å². The third kappa shape index (κ3) is 1.64. The molecule has 0 amide bonds. The molecule has 0 aliphatic heterocycles. The predicted octanol–water partition coefficient (Wildman–Crippen LogP) is 3.60. The van der Waals surface area contributed by atoms with Crippen LogP contribution in [0.2, 0.25) is 0 Å². The van der Waals surface area contributed by atoms with Crippen LogP contribution in [0.4, 0.5) is 4.39 Å². The molecule has 1 nitrogen and oxygen atoms in total. The van der Waals surface area contributed by atoms with Crippen LogP contribution in [0.25, 0.3) is 10.8 Å². The molecule has 1 saturated carbocycles. The molecular formula is C15H15FO. The van der Waals surface area contributed by atoms with E-state index in [1.807, 2.05) is 25.1 Å². The van der Waals surface area contributed by atoms with Gasteiger partial charge in [0.2, 0.25) is 0 Å². The van der Waals surface area contributed by atoms with E-state index in [1.54, 1.807) is 12.1 Å². The Kier molecular flexibility index (Phi) is 2.23. The average molecular weight is 230 g/mol. The second kappa shape index (κ2) is 3.54. The van der Waals surface area contributed by atoms with E-state index in [9.17, 15) is 9.50 Å². The van der Waals surface area contributed by atoms with E-state index in [-0.39, 0.29) is 5.82 Å². The quantitative estimate of drug-likeness (QED) is 0.835. The molecule has 2 heteroatoms. The first-order valence-corrected chi connectivity index (χ1v) is 6.01. The van der Waals surface area contributed by atoms with Crippen molar-refractivity contribution in [2.75, 3.05) is 0 Å². The highest BCUT2D eigenvalue weighted by atomic mass is 19.1. The van der Waals surface area contributed by atoms with Crippen LogP contribution in [0, 0.1) is 11.7 Å². The minimum absolute atomic E-state index is 0.226. The van der Waals surface area contributed by atoms with Crippen LogP contribution < -0.4 is 0 Å². The first-order chi connectivity index (χ1) is 8.10. The predicted molar refractivity (Wildman–Crippen MR) is 66.2 cm³/mol. The number of fused-ring (bicyclic) bond motifs is 1. The van der Waals surface area contributed by atoms with Crippen molar-refractivity contribution in [3.8, 4) is 0 Å². The molecule has 0 bridgehead atoms. The lowest BCUT2D eigenvalue weighted by Gasteiger charge is -2.25. The molecule has 0 aromatic heterocycles. The second-order valence-corrected chi connectivity index (χ2v) is 5.06. The van der Waals surface area contributed by atoms with Gasteiger partial charge in [0.25, 0.3) is 0 Å². The summed E-state index contributed by atoms with van der Waals surface area (Å²) in [5.74, 6) is 0.0901. The number of hydrogen-bond acceptors (Lipinski definition) is 1. The molecule has 17 heavy (non-hydrogen) atoms. The smallest absolute Gasteiger partial charge is 0.131 e. The lowest BCUT2D eigenvalue weighted by Crippen LogP contribution is -2.24. The van der Waals surface area contributed by atoms with Gasteiger partial charge in [0.15, 0.2) is 0 Å². The van der Waals surface area contributed by atoms with Gasteiger partial charge in [-0.05, 0) is 42.7 Å². The van der Waals surface area contributed by atoms with Crippen LogP contribution in [-0.4, -0.2) is 5.11 Å². The van der Waals surface area contributed by atoms with Crippen LogP contribution in [0.15, 0.2) is 36.4 Å². The van der Waals surface area contributed by atoms with E-state index in [0.717, 1.165) is 23.8 Å². The topological polar surface area (TPSA) is 20.2 Å². The standard InChI is InChI=1S/C15H15FO/c1-15(17,10-6-7-10)13-8-9-14(16)12-5-3-2-4-11(12)13/h2-5,8-10,17H,6-7H2,1H3/t15-/m0/s1. The number of hydrogen-bond donors (Lipinski definition) is 1. The van der Waals surface area contributed by atoms with Crippen molar-refractivity contribution in [2.45, 2.75) is 25.4 Å². The SMILES string of the molecule is C[C@@](O)(c1ccc(F)c2ccccc12)C1CC1. The Balaban J connectivity index is 2.26. The van der Waals surface area contributed by atoms with Crippen molar-refractivity contribution < 1.29 is 9.50 Å². The number of halogens is 1. The molecule has 0 unspecified atom stereocenters. The largest absolute Gasteiger partial charge is 0.385 e. The fraction of sp³-hybridized carbons (Fsp3) is 0.333. The van der Waals surface area contributed by atoms with E-state index in [4.69, 9.17) is 0 Å². The monoisotopic (exact) mass is 230 g/mol. The lowest BCUT2D eigenvalue weighted by molar-refractivity contribution is 0.0345. The highest BCUT2D eigenvalue weighted by Gasteiger charge is 2.42. The zero-order chi connectivity index (χ0) is 12.0. The molecule has 2 aromatic rings. The van der Waals surface area contributed by atoms with E-state index in [1.165, 1.54) is 6.07 Å². The van der Waals surface area contributed by atoms with Gasteiger partial charge in [-0.3, -0.25) is 0 Å². The van der Waals surface area contributed by atoms with Gasteiger partial charge < -0.3 is 5.11 Å². The van der Waals surface area contributed by atoms with Crippen molar-refractivity contribution >= 4 is 10.8 Å². The molecule has 0 spiro atoms.